The number of amides is 1. The lowest BCUT2D eigenvalue weighted by Crippen LogP contribution is -2.49. The minimum absolute atomic E-state index is 0.144. The number of nitrogens with zero attached hydrogens (tertiary/aromatic N) is 1. The van der Waals surface area contributed by atoms with Crippen LogP contribution >= 0.6 is 0 Å². The minimum Gasteiger partial charge on any atom is -0.493 e. The van der Waals surface area contributed by atoms with Crippen LogP contribution in [0.15, 0.2) is 66.7 Å². The summed E-state index contributed by atoms with van der Waals surface area (Å²) in [7, 11) is -4.04. The molecule has 10 nitrogen and oxygen atoms in total. The van der Waals surface area contributed by atoms with Gasteiger partial charge in [0.1, 0.15) is 23.6 Å². The van der Waals surface area contributed by atoms with Gasteiger partial charge in [0, 0.05) is 6.08 Å². The minimum atomic E-state index is -4.04. The summed E-state index contributed by atoms with van der Waals surface area (Å²) in [6, 6.07) is 13.8. The second kappa shape index (κ2) is 9.25. The van der Waals surface area contributed by atoms with Crippen LogP contribution in [0.4, 0.5) is 5.69 Å². The summed E-state index contributed by atoms with van der Waals surface area (Å²) in [5.41, 5.74) is 0.0557. The molecular weight excluding hydrogens is 450 g/mol. The summed E-state index contributed by atoms with van der Waals surface area (Å²) in [5.74, 6) is -2.14. The molecule has 11 heteroatoms. The molecule has 1 heterocycles. The fraction of sp³-hybridized carbons (Fsp3) is 0.182. The lowest BCUT2D eigenvalue weighted by molar-refractivity contribution is -0.145. The number of nitrogens with one attached hydrogen (secondary N) is 2. The number of carboxylic acid groups (broad SMARTS) is 1. The third-order valence-corrected chi connectivity index (χ3v) is 5.88. The second-order valence-corrected chi connectivity index (χ2v) is 9.22. The number of hydrogen-bond acceptors (Lipinski definition) is 6. The molecule has 33 heavy (non-hydrogen) atoms. The molecule has 0 aromatic heterocycles. The molecule has 0 atom stereocenters. The smallest absolute Gasteiger partial charge is 0.330 e. The number of benzene rings is 2. The Kier molecular flexibility index (Phi) is 6.63. The van der Waals surface area contributed by atoms with Gasteiger partial charge in [0.2, 0.25) is 11.8 Å². The Bertz CT molecular complexity index is 1220. The molecular formula is C22H23N3O7S. The van der Waals surface area contributed by atoms with Crippen LogP contribution in [0.3, 0.4) is 0 Å². The molecule has 0 saturated carbocycles. The number of carbonyl (C=O) groups is 2. The predicted molar refractivity (Wildman–Crippen MR) is 121 cm³/mol. The number of hydrogen-bond donors (Lipinski definition) is 4. The first-order valence-electron chi connectivity index (χ1n) is 9.75. The molecule has 4 N–H and O–H groups in total. The van der Waals surface area contributed by atoms with Gasteiger partial charge in [-0.3, -0.25) is 4.79 Å². The van der Waals surface area contributed by atoms with Crippen molar-refractivity contribution in [1.82, 2.24) is 10.0 Å². The first-order chi connectivity index (χ1) is 15.5. The van der Waals surface area contributed by atoms with Crippen molar-refractivity contribution in [3.05, 3.63) is 77.8 Å². The van der Waals surface area contributed by atoms with E-state index in [2.05, 4.69) is 5.32 Å². The maximum atomic E-state index is 12.3. The fourth-order valence-corrected chi connectivity index (χ4v) is 3.89. The Morgan fingerprint density at radius 1 is 1.18 bits per heavy atom. The topological polar surface area (TPSA) is 145 Å². The number of carboxylic acids is 1. The van der Waals surface area contributed by atoms with Crippen molar-refractivity contribution in [2.45, 2.75) is 26.0 Å². The molecule has 0 unspecified atom stereocenters. The van der Waals surface area contributed by atoms with E-state index in [1.165, 1.54) is 38.1 Å². The van der Waals surface area contributed by atoms with Gasteiger partial charge in [-0.25, -0.2) is 13.8 Å². The maximum absolute atomic E-state index is 12.3. The summed E-state index contributed by atoms with van der Waals surface area (Å²) in [6.07, 6.45) is 3.62. The number of carbonyl (C=O) groups excluding carboxylic acids is 1. The van der Waals surface area contributed by atoms with E-state index in [-0.39, 0.29) is 18.0 Å². The Morgan fingerprint density at radius 3 is 2.48 bits per heavy atom. The summed E-state index contributed by atoms with van der Waals surface area (Å²) in [6.45, 7) is 2.86. The highest BCUT2D eigenvalue weighted by molar-refractivity contribution is 7.91. The molecule has 174 valence electrons. The molecule has 0 saturated heterocycles. The average Bonchev–Trinajstić information content (AvgIpc) is 3.02. The highest BCUT2D eigenvalue weighted by Gasteiger charge is 2.31. The lowest BCUT2D eigenvalue weighted by atomic mass is 10.1. The van der Waals surface area contributed by atoms with Crippen LogP contribution < -0.4 is 19.1 Å². The molecule has 3 rings (SSSR count). The van der Waals surface area contributed by atoms with Crippen LogP contribution in [-0.2, 0) is 26.4 Å². The lowest BCUT2D eigenvalue weighted by Gasteiger charge is -2.20. The number of aliphatic hydroxyl groups is 1. The quantitative estimate of drug-likeness (QED) is 0.430. The molecule has 0 aliphatic carbocycles. The van der Waals surface area contributed by atoms with Gasteiger partial charge in [0.15, 0.2) is 0 Å². The summed E-state index contributed by atoms with van der Waals surface area (Å²) >= 11 is 0. The van der Waals surface area contributed by atoms with E-state index in [1.807, 2.05) is 35.1 Å². The first kappa shape index (κ1) is 23.7. The zero-order valence-corrected chi connectivity index (χ0v) is 18.7. The Hall–Kier alpha value is -3.99. The number of anilines is 1. The highest BCUT2D eigenvalue weighted by atomic mass is 32.2. The normalized spacial score (nSPS) is 15.1. The van der Waals surface area contributed by atoms with Crippen LogP contribution in [-0.4, -0.2) is 36.0 Å². The standard InChI is InChI=1S/C22H23N3O7S/c1-22(2,21(28)29)23-19(26)11-9-15-8-10-17(25-13-20(27)24-33(25,30)31)18(12-15)32-14-16-6-4-3-5-7-16/h3-13,24,27H,14H2,1-2H3,(H,23,26)(H,28,29). The van der Waals surface area contributed by atoms with Gasteiger partial charge in [0.05, 0.1) is 6.20 Å². The van der Waals surface area contributed by atoms with Gasteiger partial charge < -0.3 is 20.3 Å². The van der Waals surface area contributed by atoms with Crippen molar-refractivity contribution in [3.63, 3.8) is 0 Å². The molecule has 0 spiro atoms. The van der Waals surface area contributed by atoms with E-state index in [4.69, 9.17) is 9.84 Å². The van der Waals surface area contributed by atoms with Crippen molar-refractivity contribution in [2.75, 3.05) is 4.31 Å². The SMILES string of the molecule is CC(C)(NC(=O)C=Cc1ccc(N2C=C(O)NS2(=O)=O)c(OCc2ccccc2)c1)C(=O)O. The number of ether oxygens (including phenoxy) is 1. The summed E-state index contributed by atoms with van der Waals surface area (Å²) in [4.78, 5) is 23.3. The second-order valence-electron chi connectivity index (χ2n) is 7.67. The van der Waals surface area contributed by atoms with Gasteiger partial charge in [-0.2, -0.15) is 8.42 Å². The number of aliphatic hydroxyl groups excluding tert-OH is 1. The van der Waals surface area contributed by atoms with Crippen LogP contribution in [0.25, 0.3) is 6.08 Å². The van der Waals surface area contributed by atoms with Crippen LogP contribution in [0.2, 0.25) is 0 Å². The zero-order chi connectivity index (χ0) is 24.2. The van der Waals surface area contributed by atoms with E-state index < -0.39 is 33.5 Å². The van der Waals surface area contributed by atoms with Gasteiger partial charge in [-0.05, 0) is 43.2 Å². The van der Waals surface area contributed by atoms with Crippen molar-refractivity contribution in [1.29, 1.82) is 0 Å². The summed E-state index contributed by atoms with van der Waals surface area (Å²) in [5, 5.41) is 21.1. The number of aliphatic carboxylic acids is 1. The van der Waals surface area contributed by atoms with Crippen molar-refractivity contribution < 1.29 is 33.0 Å². The predicted octanol–water partition coefficient (Wildman–Crippen LogP) is 2.27. The van der Waals surface area contributed by atoms with E-state index in [1.54, 1.807) is 6.07 Å². The molecule has 0 bridgehead atoms. The molecule has 1 aliphatic heterocycles. The largest absolute Gasteiger partial charge is 0.493 e. The Labute approximate surface area is 191 Å². The van der Waals surface area contributed by atoms with Crippen molar-refractivity contribution in [2.24, 2.45) is 0 Å². The third kappa shape index (κ3) is 5.83. The summed E-state index contributed by atoms with van der Waals surface area (Å²) < 4.78 is 33.3. The highest BCUT2D eigenvalue weighted by Crippen LogP contribution is 2.34. The third-order valence-electron chi connectivity index (χ3n) is 4.59. The molecule has 2 aromatic rings. The first-order valence-corrected chi connectivity index (χ1v) is 11.2. The monoisotopic (exact) mass is 473 g/mol. The van der Waals surface area contributed by atoms with E-state index >= 15 is 0 Å². The molecule has 1 amide bonds. The zero-order valence-electron chi connectivity index (χ0n) is 17.8. The fourth-order valence-electron chi connectivity index (χ4n) is 2.83. The van der Waals surface area contributed by atoms with E-state index in [0.29, 0.717) is 5.56 Å². The molecule has 2 aromatic carbocycles. The number of rotatable bonds is 8. The van der Waals surface area contributed by atoms with Gasteiger partial charge in [-0.1, -0.05) is 36.4 Å². The maximum Gasteiger partial charge on any atom is 0.330 e. The molecule has 0 fully saturated rings. The van der Waals surface area contributed by atoms with Crippen LogP contribution in [0.5, 0.6) is 5.75 Å². The van der Waals surface area contributed by atoms with Crippen molar-refractivity contribution in [3.8, 4) is 5.75 Å². The molecule has 1 aliphatic rings. The van der Waals surface area contributed by atoms with Gasteiger partial charge >= 0.3 is 16.2 Å². The molecule has 0 radical (unpaired) electrons. The van der Waals surface area contributed by atoms with Crippen LogP contribution in [0, 0.1) is 0 Å². The average molecular weight is 474 g/mol. The Morgan fingerprint density at radius 2 is 1.88 bits per heavy atom. The van der Waals surface area contributed by atoms with Gasteiger partial charge in [-0.15, -0.1) is 0 Å². The van der Waals surface area contributed by atoms with E-state index in [0.717, 1.165) is 16.1 Å². The van der Waals surface area contributed by atoms with Crippen LogP contribution in [0.1, 0.15) is 25.0 Å². The van der Waals surface area contributed by atoms with E-state index in [9.17, 15) is 23.1 Å². The van der Waals surface area contributed by atoms with Crippen molar-refractivity contribution >= 4 is 33.8 Å². The van der Waals surface area contributed by atoms with Gasteiger partial charge in [0.25, 0.3) is 0 Å². The Balaban J connectivity index is 1.89.